The average Bonchev–Trinajstić information content (AvgIpc) is 2.82. The lowest BCUT2D eigenvalue weighted by atomic mass is 10.0. The van der Waals surface area contributed by atoms with E-state index in [0.717, 1.165) is 10.5 Å². The van der Waals surface area contributed by atoms with Gasteiger partial charge in [0.2, 0.25) is 11.8 Å². The standard InChI is InChI=1S/C27H33N5O6/c1-17-9-5-7-11-19(17)30-24(35)23(18-10-6-8-12-21(18)33)32(16-15-28)25(36)20(13-14-22(29)34)31-26(37)38-27(2,3)4/h5-12,20,23,33H,13-14,16H2,1-4H3,(H2,29,34)(H,30,35)(H,31,37). The van der Waals surface area contributed by atoms with Crippen molar-refractivity contribution < 1.29 is 29.0 Å². The molecule has 0 heterocycles. The second kappa shape index (κ2) is 13.1. The molecule has 2 atom stereocenters. The van der Waals surface area contributed by atoms with Crippen molar-refractivity contribution in [2.75, 3.05) is 11.9 Å². The molecular formula is C27H33N5O6. The van der Waals surface area contributed by atoms with Crippen LogP contribution in [-0.2, 0) is 19.1 Å². The predicted octanol–water partition coefficient (Wildman–Crippen LogP) is 2.89. The van der Waals surface area contributed by atoms with E-state index in [2.05, 4.69) is 10.6 Å². The number of aryl methyl sites for hydroxylation is 1. The zero-order valence-corrected chi connectivity index (χ0v) is 21.9. The third kappa shape index (κ3) is 8.51. The molecule has 0 aliphatic heterocycles. The van der Waals surface area contributed by atoms with E-state index in [1.54, 1.807) is 64.1 Å². The molecule has 0 saturated carbocycles. The van der Waals surface area contributed by atoms with Crippen LogP contribution in [0.5, 0.6) is 5.75 Å². The highest BCUT2D eigenvalue weighted by Gasteiger charge is 2.37. The van der Waals surface area contributed by atoms with E-state index in [1.807, 2.05) is 6.07 Å². The van der Waals surface area contributed by atoms with Crippen molar-refractivity contribution in [1.82, 2.24) is 10.2 Å². The summed E-state index contributed by atoms with van der Waals surface area (Å²) in [6, 6.07) is 11.9. The zero-order valence-electron chi connectivity index (χ0n) is 21.9. The van der Waals surface area contributed by atoms with Crippen LogP contribution in [0.25, 0.3) is 0 Å². The average molecular weight is 524 g/mol. The number of amides is 4. The molecule has 0 bridgehead atoms. The Kier molecular flexibility index (Phi) is 10.2. The molecule has 2 aromatic carbocycles. The van der Waals surface area contributed by atoms with Gasteiger partial charge in [0.05, 0.1) is 6.07 Å². The van der Waals surface area contributed by atoms with Gasteiger partial charge in [-0.15, -0.1) is 0 Å². The highest BCUT2D eigenvalue weighted by Crippen LogP contribution is 2.31. The van der Waals surface area contributed by atoms with Gasteiger partial charge in [-0.1, -0.05) is 36.4 Å². The lowest BCUT2D eigenvalue weighted by Gasteiger charge is -2.33. The Labute approximate surface area is 221 Å². The number of hydrogen-bond acceptors (Lipinski definition) is 7. The number of anilines is 1. The number of ether oxygens (including phenoxy) is 1. The van der Waals surface area contributed by atoms with Gasteiger partial charge in [0.1, 0.15) is 30.0 Å². The van der Waals surface area contributed by atoms with Gasteiger partial charge in [-0.25, -0.2) is 4.79 Å². The fourth-order valence-corrected chi connectivity index (χ4v) is 3.65. The topological polar surface area (TPSA) is 175 Å². The molecule has 0 radical (unpaired) electrons. The SMILES string of the molecule is Cc1ccccc1NC(=O)C(c1ccccc1O)N(CC#N)C(=O)C(CCC(N)=O)NC(=O)OC(C)(C)C. The van der Waals surface area contributed by atoms with Gasteiger partial charge >= 0.3 is 6.09 Å². The van der Waals surface area contributed by atoms with Crippen LogP contribution in [0, 0.1) is 18.3 Å². The maximum atomic E-state index is 13.8. The molecule has 2 rings (SSSR count). The number of nitrogens with two attached hydrogens (primary N) is 1. The van der Waals surface area contributed by atoms with Crippen molar-refractivity contribution in [3.8, 4) is 11.8 Å². The summed E-state index contributed by atoms with van der Waals surface area (Å²) in [4.78, 5) is 52.3. The number of carbonyl (C=O) groups excluding carboxylic acids is 4. The Hall–Kier alpha value is -4.59. The summed E-state index contributed by atoms with van der Waals surface area (Å²) >= 11 is 0. The monoisotopic (exact) mass is 523 g/mol. The van der Waals surface area contributed by atoms with Crippen LogP contribution in [0.3, 0.4) is 0 Å². The normalized spacial score (nSPS) is 12.4. The fraction of sp³-hybridized carbons (Fsp3) is 0.370. The van der Waals surface area contributed by atoms with E-state index in [0.29, 0.717) is 5.69 Å². The summed E-state index contributed by atoms with van der Waals surface area (Å²) in [5.41, 5.74) is 5.68. The van der Waals surface area contributed by atoms with Gasteiger partial charge < -0.3 is 31.1 Å². The van der Waals surface area contributed by atoms with Crippen LogP contribution in [0.4, 0.5) is 10.5 Å². The second-order valence-electron chi connectivity index (χ2n) is 9.59. The number of nitrogens with zero attached hydrogens (tertiary/aromatic N) is 2. The third-order valence-corrected chi connectivity index (χ3v) is 5.39. The first kappa shape index (κ1) is 29.6. The van der Waals surface area contributed by atoms with Crippen molar-refractivity contribution in [2.45, 2.75) is 58.2 Å². The van der Waals surface area contributed by atoms with E-state index in [-0.39, 0.29) is 24.2 Å². The first-order chi connectivity index (χ1) is 17.8. The number of nitrogens with one attached hydrogen (secondary N) is 2. The van der Waals surface area contributed by atoms with Crippen molar-refractivity contribution in [1.29, 1.82) is 5.26 Å². The van der Waals surface area contributed by atoms with Gasteiger partial charge in [-0.2, -0.15) is 5.26 Å². The van der Waals surface area contributed by atoms with E-state index in [4.69, 9.17) is 10.5 Å². The zero-order chi connectivity index (χ0) is 28.5. The molecule has 0 spiro atoms. The number of phenolic OH excluding ortho intramolecular Hbond substituents is 1. The molecule has 0 aromatic heterocycles. The minimum atomic E-state index is -1.46. The van der Waals surface area contributed by atoms with Gasteiger partial charge in [0.25, 0.3) is 5.91 Å². The molecule has 0 fully saturated rings. The summed E-state index contributed by atoms with van der Waals surface area (Å²) in [6.07, 6.45) is -1.40. The molecule has 0 aliphatic carbocycles. The number of primary amides is 1. The molecular weight excluding hydrogens is 490 g/mol. The van der Waals surface area contributed by atoms with Crippen LogP contribution >= 0.6 is 0 Å². The van der Waals surface area contributed by atoms with Crippen molar-refractivity contribution >= 4 is 29.5 Å². The van der Waals surface area contributed by atoms with Crippen molar-refractivity contribution in [2.24, 2.45) is 5.73 Å². The molecule has 38 heavy (non-hydrogen) atoms. The Balaban J connectivity index is 2.53. The van der Waals surface area contributed by atoms with Gasteiger partial charge in [0, 0.05) is 17.7 Å². The number of para-hydroxylation sites is 2. The van der Waals surface area contributed by atoms with Crippen LogP contribution in [-0.4, -0.2) is 52.0 Å². The summed E-state index contributed by atoms with van der Waals surface area (Å²) in [6.45, 7) is 6.13. The maximum Gasteiger partial charge on any atom is 0.408 e. The third-order valence-electron chi connectivity index (χ3n) is 5.39. The molecule has 4 amide bonds. The Morgan fingerprint density at radius 3 is 2.32 bits per heavy atom. The number of phenols is 1. The van der Waals surface area contributed by atoms with E-state index < -0.39 is 48.0 Å². The molecule has 11 heteroatoms. The minimum Gasteiger partial charge on any atom is -0.508 e. The summed E-state index contributed by atoms with van der Waals surface area (Å²) in [7, 11) is 0. The van der Waals surface area contributed by atoms with Gasteiger partial charge in [-0.05, 0) is 51.8 Å². The largest absolute Gasteiger partial charge is 0.508 e. The van der Waals surface area contributed by atoms with Crippen molar-refractivity contribution in [3.63, 3.8) is 0 Å². The maximum absolute atomic E-state index is 13.8. The number of rotatable bonds is 10. The van der Waals surface area contributed by atoms with Gasteiger partial charge in [0.15, 0.2) is 0 Å². The molecule has 11 nitrogen and oxygen atoms in total. The van der Waals surface area contributed by atoms with Crippen LogP contribution in [0.15, 0.2) is 48.5 Å². The van der Waals surface area contributed by atoms with Crippen LogP contribution < -0.4 is 16.4 Å². The number of alkyl carbamates (subject to hydrolysis) is 1. The summed E-state index contributed by atoms with van der Waals surface area (Å²) in [5.74, 6) is -2.53. The Bertz CT molecular complexity index is 1220. The molecule has 0 aliphatic rings. The van der Waals surface area contributed by atoms with Crippen LogP contribution in [0.1, 0.15) is 50.8 Å². The van der Waals surface area contributed by atoms with E-state index >= 15 is 0 Å². The minimum absolute atomic E-state index is 0.0631. The summed E-state index contributed by atoms with van der Waals surface area (Å²) < 4.78 is 5.25. The van der Waals surface area contributed by atoms with Gasteiger partial charge in [-0.3, -0.25) is 14.4 Å². The predicted molar refractivity (Wildman–Crippen MR) is 140 cm³/mol. The van der Waals surface area contributed by atoms with Crippen LogP contribution in [0.2, 0.25) is 0 Å². The summed E-state index contributed by atoms with van der Waals surface area (Å²) in [5, 5.41) is 25.3. The highest BCUT2D eigenvalue weighted by atomic mass is 16.6. The highest BCUT2D eigenvalue weighted by molar-refractivity contribution is 6.00. The quantitative estimate of drug-likeness (QED) is 0.346. The molecule has 202 valence electrons. The number of nitriles is 1. The smallest absolute Gasteiger partial charge is 0.408 e. The van der Waals surface area contributed by atoms with Crippen molar-refractivity contribution in [3.05, 3.63) is 59.7 Å². The Morgan fingerprint density at radius 1 is 1.11 bits per heavy atom. The van der Waals surface area contributed by atoms with E-state index in [1.165, 1.54) is 12.1 Å². The molecule has 5 N–H and O–H groups in total. The number of hydrogen-bond donors (Lipinski definition) is 4. The number of benzene rings is 2. The number of carbonyl (C=O) groups is 4. The number of aromatic hydroxyl groups is 1. The lowest BCUT2D eigenvalue weighted by Crippen LogP contribution is -2.52. The van der Waals surface area contributed by atoms with E-state index in [9.17, 15) is 29.5 Å². The second-order valence-corrected chi connectivity index (χ2v) is 9.59. The Morgan fingerprint density at radius 2 is 1.74 bits per heavy atom. The molecule has 2 unspecified atom stereocenters. The lowest BCUT2D eigenvalue weighted by molar-refractivity contribution is -0.140. The molecule has 2 aromatic rings. The molecule has 0 saturated heterocycles. The first-order valence-corrected chi connectivity index (χ1v) is 11.9. The first-order valence-electron chi connectivity index (χ1n) is 11.9. The fourth-order valence-electron chi connectivity index (χ4n) is 3.65.